The van der Waals surface area contributed by atoms with Gasteiger partial charge in [-0.25, -0.2) is 4.79 Å². The van der Waals surface area contributed by atoms with Gasteiger partial charge in [0.15, 0.2) is 6.10 Å². The number of oxime groups is 1. The summed E-state index contributed by atoms with van der Waals surface area (Å²) in [6.45, 7) is 4.76. The fourth-order valence-electron chi connectivity index (χ4n) is 2.30. The van der Waals surface area contributed by atoms with Crippen molar-refractivity contribution in [1.29, 1.82) is 0 Å². The van der Waals surface area contributed by atoms with Crippen molar-refractivity contribution in [3.8, 4) is 5.75 Å². The Hall–Kier alpha value is -1.79. The summed E-state index contributed by atoms with van der Waals surface area (Å²) in [7, 11) is 0. The van der Waals surface area contributed by atoms with Crippen molar-refractivity contribution in [1.82, 2.24) is 0 Å². The zero-order chi connectivity index (χ0) is 17.5. The monoisotopic (exact) mass is 355 g/mol. The van der Waals surface area contributed by atoms with Gasteiger partial charge in [0.25, 0.3) is 0 Å². The second kappa shape index (κ2) is 8.89. The molecule has 1 unspecified atom stereocenters. The fraction of sp³-hybridized carbons (Fsp3) is 0.529. The summed E-state index contributed by atoms with van der Waals surface area (Å²) in [4.78, 5) is 16.4. The van der Waals surface area contributed by atoms with Crippen LogP contribution in [0.3, 0.4) is 0 Å². The number of hydrogen-bond acceptors (Lipinski definition) is 5. The lowest BCUT2D eigenvalue weighted by Gasteiger charge is -2.18. The van der Waals surface area contributed by atoms with E-state index in [1.165, 1.54) is 0 Å². The van der Waals surface area contributed by atoms with Crippen molar-refractivity contribution in [2.24, 2.45) is 5.16 Å². The number of unbranched alkanes of at least 4 members (excludes halogenated alkanes) is 1. The molecular weight excluding hydrogens is 334 g/mol. The predicted octanol–water partition coefficient (Wildman–Crippen LogP) is 3.50. The molecule has 1 aromatic carbocycles. The molecule has 0 aliphatic carbocycles. The van der Waals surface area contributed by atoms with E-state index >= 15 is 0 Å². The summed E-state index contributed by atoms with van der Waals surface area (Å²) >= 11 is 6.09. The average Bonchev–Trinajstić information content (AvgIpc) is 3.02. The number of benzene rings is 1. The fourth-order valence-corrected chi connectivity index (χ4v) is 2.47. The minimum Gasteiger partial charge on any atom is -0.479 e. The van der Waals surface area contributed by atoms with E-state index in [-0.39, 0.29) is 6.10 Å². The summed E-state index contributed by atoms with van der Waals surface area (Å²) in [6.07, 6.45) is 1.06. The quantitative estimate of drug-likeness (QED) is 0.686. The van der Waals surface area contributed by atoms with Gasteiger partial charge in [0.2, 0.25) is 0 Å². The van der Waals surface area contributed by atoms with Crippen LogP contribution < -0.4 is 4.74 Å². The molecule has 1 aliphatic heterocycles. The van der Waals surface area contributed by atoms with Crippen molar-refractivity contribution in [3.05, 3.63) is 28.8 Å². The number of carboxylic acid groups (broad SMARTS) is 1. The van der Waals surface area contributed by atoms with E-state index in [4.69, 9.17) is 25.9 Å². The summed E-state index contributed by atoms with van der Waals surface area (Å²) in [5.74, 6) is -0.610. The Balaban J connectivity index is 2.24. The van der Waals surface area contributed by atoms with Crippen LogP contribution in [0.15, 0.2) is 23.4 Å². The second-order valence-electron chi connectivity index (χ2n) is 5.48. The number of halogens is 1. The summed E-state index contributed by atoms with van der Waals surface area (Å²) in [6, 6.07) is 4.99. The Kier molecular flexibility index (Phi) is 6.87. The lowest BCUT2D eigenvalue weighted by atomic mass is 10.0. The van der Waals surface area contributed by atoms with Crippen molar-refractivity contribution in [3.63, 3.8) is 0 Å². The van der Waals surface area contributed by atoms with Gasteiger partial charge in [-0.1, -0.05) is 37.0 Å². The Morgan fingerprint density at radius 2 is 2.29 bits per heavy atom. The average molecular weight is 356 g/mol. The van der Waals surface area contributed by atoms with E-state index in [1.54, 1.807) is 25.1 Å². The van der Waals surface area contributed by atoms with Gasteiger partial charge in [0.1, 0.15) is 24.2 Å². The Morgan fingerprint density at radius 1 is 1.50 bits per heavy atom. The van der Waals surface area contributed by atoms with Crippen LogP contribution in [-0.4, -0.2) is 42.2 Å². The van der Waals surface area contributed by atoms with Crippen LogP contribution in [0.1, 0.15) is 38.7 Å². The number of carboxylic acids is 1. The van der Waals surface area contributed by atoms with Crippen LogP contribution in [0.4, 0.5) is 0 Å². The lowest BCUT2D eigenvalue weighted by molar-refractivity contribution is -0.145. The SMILES string of the molecule is CCCCOC1CON=C1c1cc(Cl)ccc1O[C@@H](CC)C(=O)O. The Labute approximate surface area is 146 Å². The number of carbonyl (C=O) groups is 1. The van der Waals surface area contributed by atoms with Gasteiger partial charge in [0.05, 0.1) is 0 Å². The highest BCUT2D eigenvalue weighted by atomic mass is 35.5. The molecule has 0 saturated carbocycles. The lowest BCUT2D eigenvalue weighted by Crippen LogP contribution is -2.29. The van der Waals surface area contributed by atoms with Crippen LogP contribution in [0, 0.1) is 0 Å². The van der Waals surface area contributed by atoms with Crippen molar-refractivity contribution in [2.75, 3.05) is 13.2 Å². The highest BCUT2D eigenvalue weighted by Gasteiger charge is 2.29. The highest BCUT2D eigenvalue weighted by molar-refractivity contribution is 6.31. The third-order valence-electron chi connectivity index (χ3n) is 3.64. The molecule has 0 amide bonds. The van der Waals surface area contributed by atoms with Crippen LogP contribution in [0.2, 0.25) is 5.02 Å². The van der Waals surface area contributed by atoms with Gasteiger partial charge in [0, 0.05) is 17.2 Å². The predicted molar refractivity (Wildman–Crippen MR) is 90.9 cm³/mol. The minimum atomic E-state index is -1.02. The van der Waals surface area contributed by atoms with Crippen LogP contribution in [0.5, 0.6) is 5.75 Å². The van der Waals surface area contributed by atoms with Gasteiger partial charge >= 0.3 is 5.97 Å². The van der Waals surface area contributed by atoms with Gasteiger partial charge in [-0.05, 0) is 31.0 Å². The molecular formula is C17H22ClNO5. The first-order valence-electron chi connectivity index (χ1n) is 8.07. The van der Waals surface area contributed by atoms with Crippen molar-refractivity contribution >= 4 is 23.3 Å². The topological polar surface area (TPSA) is 77.3 Å². The molecule has 1 N–H and O–H groups in total. The van der Waals surface area contributed by atoms with Gasteiger partial charge in [-0.2, -0.15) is 0 Å². The zero-order valence-electron chi connectivity index (χ0n) is 13.8. The minimum absolute atomic E-state index is 0.317. The van der Waals surface area contributed by atoms with E-state index in [0.717, 1.165) is 12.8 Å². The first kappa shape index (κ1) is 18.5. The third-order valence-corrected chi connectivity index (χ3v) is 3.88. The maximum atomic E-state index is 11.2. The van der Waals surface area contributed by atoms with E-state index < -0.39 is 12.1 Å². The Morgan fingerprint density at radius 3 is 2.96 bits per heavy atom. The molecule has 7 heteroatoms. The zero-order valence-corrected chi connectivity index (χ0v) is 14.6. The largest absolute Gasteiger partial charge is 0.479 e. The number of rotatable bonds is 9. The van der Waals surface area contributed by atoms with Crippen LogP contribution in [-0.2, 0) is 14.4 Å². The van der Waals surface area contributed by atoms with Crippen LogP contribution >= 0.6 is 11.6 Å². The normalized spacial score (nSPS) is 18.0. The summed E-state index contributed by atoms with van der Waals surface area (Å²) in [5, 5.41) is 13.8. The maximum Gasteiger partial charge on any atom is 0.344 e. The number of hydrogen-bond donors (Lipinski definition) is 1. The smallest absolute Gasteiger partial charge is 0.344 e. The molecule has 0 fully saturated rings. The van der Waals surface area contributed by atoms with E-state index in [2.05, 4.69) is 12.1 Å². The molecule has 132 valence electrons. The molecule has 0 bridgehead atoms. The molecule has 0 saturated heterocycles. The number of nitrogens with zero attached hydrogens (tertiary/aromatic N) is 1. The summed E-state index contributed by atoms with van der Waals surface area (Å²) < 4.78 is 11.5. The highest BCUT2D eigenvalue weighted by Crippen LogP contribution is 2.28. The molecule has 0 aromatic heterocycles. The number of aliphatic carboxylic acids is 1. The molecule has 2 rings (SSSR count). The van der Waals surface area contributed by atoms with Crippen molar-refractivity contribution < 1.29 is 24.2 Å². The second-order valence-corrected chi connectivity index (χ2v) is 5.92. The summed E-state index contributed by atoms with van der Waals surface area (Å²) in [5.41, 5.74) is 1.17. The molecule has 2 atom stereocenters. The molecule has 1 aromatic rings. The first-order valence-corrected chi connectivity index (χ1v) is 8.45. The van der Waals surface area contributed by atoms with Gasteiger partial charge in [-0.3, -0.25) is 0 Å². The molecule has 6 nitrogen and oxygen atoms in total. The standard InChI is InChI=1S/C17H22ClNO5/c1-3-5-8-22-15-10-23-19-16(15)12-9-11(18)6-7-14(12)24-13(4-2)17(20)21/h6-7,9,13,15H,3-5,8,10H2,1-2H3,(H,20,21)/t13-,15?/m0/s1. The molecule has 1 aliphatic rings. The van der Waals surface area contributed by atoms with E-state index in [9.17, 15) is 9.90 Å². The number of ether oxygens (including phenoxy) is 2. The third kappa shape index (κ3) is 4.61. The van der Waals surface area contributed by atoms with Crippen molar-refractivity contribution in [2.45, 2.75) is 45.3 Å². The van der Waals surface area contributed by atoms with E-state index in [0.29, 0.717) is 41.7 Å². The Bertz CT molecular complexity index is 605. The molecule has 24 heavy (non-hydrogen) atoms. The van der Waals surface area contributed by atoms with Gasteiger partial charge < -0.3 is 19.4 Å². The first-order chi connectivity index (χ1) is 11.6. The van der Waals surface area contributed by atoms with Crippen LogP contribution in [0.25, 0.3) is 0 Å². The van der Waals surface area contributed by atoms with E-state index in [1.807, 2.05) is 0 Å². The molecule has 1 heterocycles. The van der Waals surface area contributed by atoms with Gasteiger partial charge in [-0.15, -0.1) is 0 Å². The molecule has 0 spiro atoms. The molecule has 0 radical (unpaired) electrons. The maximum absolute atomic E-state index is 11.2.